The Labute approximate surface area is 157 Å². The van der Waals surface area contributed by atoms with Crippen molar-refractivity contribution in [2.24, 2.45) is 5.16 Å². The number of aromatic nitrogens is 1. The highest BCUT2D eigenvalue weighted by atomic mass is 16.7. The molecular formula is C21H19N3O3. The number of carbonyl (C=O) groups excluding carboxylic acids is 1. The summed E-state index contributed by atoms with van der Waals surface area (Å²) in [4.78, 5) is 20.9. The van der Waals surface area contributed by atoms with Crippen LogP contribution in [0.3, 0.4) is 0 Å². The van der Waals surface area contributed by atoms with Gasteiger partial charge in [0, 0.05) is 18.1 Å². The largest absolute Gasteiger partial charge is 0.497 e. The molecule has 3 rings (SSSR count). The molecule has 1 heterocycles. The van der Waals surface area contributed by atoms with Crippen molar-refractivity contribution in [1.29, 1.82) is 0 Å². The number of anilines is 1. The van der Waals surface area contributed by atoms with E-state index in [1.165, 1.54) is 0 Å². The average Bonchev–Trinajstić information content (AvgIpc) is 2.73. The van der Waals surface area contributed by atoms with Gasteiger partial charge in [0.15, 0.2) is 0 Å². The quantitative estimate of drug-likeness (QED) is 0.405. The lowest BCUT2D eigenvalue weighted by Gasteiger charge is -2.06. The lowest BCUT2D eigenvalue weighted by Crippen LogP contribution is -2.11. The van der Waals surface area contributed by atoms with E-state index >= 15 is 0 Å². The number of oxime groups is 1. The fourth-order valence-electron chi connectivity index (χ4n) is 2.45. The number of ether oxygens (including phenoxy) is 1. The summed E-state index contributed by atoms with van der Waals surface area (Å²) in [6.45, 7) is 1.78. The maximum absolute atomic E-state index is 11.9. The highest BCUT2D eigenvalue weighted by Gasteiger charge is 2.06. The van der Waals surface area contributed by atoms with Crippen molar-refractivity contribution >= 4 is 17.5 Å². The molecule has 1 N–H and O–H groups in total. The van der Waals surface area contributed by atoms with Gasteiger partial charge in [-0.25, -0.2) is 4.79 Å². The van der Waals surface area contributed by atoms with E-state index in [-0.39, 0.29) is 0 Å². The van der Waals surface area contributed by atoms with Crippen molar-refractivity contribution in [3.8, 4) is 16.9 Å². The first-order chi connectivity index (χ1) is 13.2. The van der Waals surface area contributed by atoms with Crippen LogP contribution in [0.5, 0.6) is 5.75 Å². The van der Waals surface area contributed by atoms with E-state index in [1.54, 1.807) is 50.7 Å². The van der Waals surface area contributed by atoms with Crippen molar-refractivity contribution in [3.05, 3.63) is 78.6 Å². The van der Waals surface area contributed by atoms with Crippen LogP contribution in [-0.4, -0.2) is 23.9 Å². The van der Waals surface area contributed by atoms with E-state index in [9.17, 15) is 4.79 Å². The lowest BCUT2D eigenvalue weighted by atomic mass is 10.0. The summed E-state index contributed by atoms with van der Waals surface area (Å²) < 4.78 is 5.07. The number of hydrogen-bond acceptors (Lipinski definition) is 5. The molecular weight excluding hydrogens is 342 g/mol. The topological polar surface area (TPSA) is 72.8 Å². The van der Waals surface area contributed by atoms with E-state index in [0.717, 1.165) is 16.7 Å². The predicted octanol–water partition coefficient (Wildman–Crippen LogP) is 4.73. The molecule has 0 atom stereocenters. The number of rotatable bonds is 5. The van der Waals surface area contributed by atoms with E-state index < -0.39 is 6.09 Å². The molecule has 0 spiro atoms. The van der Waals surface area contributed by atoms with Crippen molar-refractivity contribution in [2.45, 2.75) is 6.92 Å². The molecule has 0 bridgehead atoms. The first-order valence-corrected chi connectivity index (χ1v) is 8.33. The molecule has 0 saturated carbocycles. The van der Waals surface area contributed by atoms with Crippen molar-refractivity contribution < 1.29 is 14.4 Å². The third-order valence-corrected chi connectivity index (χ3v) is 3.90. The van der Waals surface area contributed by atoms with Gasteiger partial charge in [0.1, 0.15) is 5.75 Å². The van der Waals surface area contributed by atoms with Gasteiger partial charge in [-0.1, -0.05) is 23.4 Å². The minimum Gasteiger partial charge on any atom is -0.497 e. The molecule has 0 aliphatic rings. The van der Waals surface area contributed by atoms with Gasteiger partial charge in [0.05, 0.1) is 12.8 Å². The van der Waals surface area contributed by atoms with Crippen molar-refractivity contribution in [1.82, 2.24) is 4.98 Å². The van der Waals surface area contributed by atoms with Crippen LogP contribution >= 0.6 is 0 Å². The molecule has 0 fully saturated rings. The Morgan fingerprint density at radius 2 is 1.74 bits per heavy atom. The fraction of sp³-hybridized carbons (Fsp3) is 0.0952. The van der Waals surface area contributed by atoms with Gasteiger partial charge in [0.2, 0.25) is 0 Å². The smallest absolute Gasteiger partial charge is 0.437 e. The molecule has 0 radical (unpaired) electrons. The van der Waals surface area contributed by atoms with Gasteiger partial charge in [-0.05, 0) is 66.1 Å². The normalized spacial score (nSPS) is 11.0. The summed E-state index contributed by atoms with van der Waals surface area (Å²) in [6.07, 6.45) is 2.83. The molecule has 6 heteroatoms. The number of nitrogens with zero attached hydrogens (tertiary/aromatic N) is 2. The zero-order chi connectivity index (χ0) is 19.1. The van der Waals surface area contributed by atoms with Crippen LogP contribution in [0.4, 0.5) is 10.5 Å². The van der Waals surface area contributed by atoms with Crippen LogP contribution < -0.4 is 10.1 Å². The lowest BCUT2D eigenvalue weighted by molar-refractivity contribution is 0.166. The Hall–Kier alpha value is -3.67. The van der Waals surface area contributed by atoms with Crippen LogP contribution in [-0.2, 0) is 4.84 Å². The second kappa shape index (κ2) is 8.62. The van der Waals surface area contributed by atoms with Gasteiger partial charge in [-0.2, -0.15) is 0 Å². The molecule has 27 heavy (non-hydrogen) atoms. The van der Waals surface area contributed by atoms with E-state index in [2.05, 4.69) is 15.5 Å². The van der Waals surface area contributed by atoms with Crippen LogP contribution in [0.15, 0.2) is 78.2 Å². The first kappa shape index (κ1) is 18.1. The number of pyridine rings is 1. The summed E-state index contributed by atoms with van der Waals surface area (Å²) in [7, 11) is 1.58. The number of nitrogens with one attached hydrogen (secondary N) is 1. The first-order valence-electron chi connectivity index (χ1n) is 8.33. The molecule has 0 aliphatic heterocycles. The Bertz CT molecular complexity index is 938. The third kappa shape index (κ3) is 4.92. The number of methoxy groups -OCH3 is 1. The van der Waals surface area contributed by atoms with Gasteiger partial charge in [-0.15, -0.1) is 0 Å². The monoisotopic (exact) mass is 361 g/mol. The van der Waals surface area contributed by atoms with Crippen molar-refractivity contribution in [3.63, 3.8) is 0 Å². The second-order valence-corrected chi connectivity index (χ2v) is 5.73. The summed E-state index contributed by atoms with van der Waals surface area (Å²) >= 11 is 0. The van der Waals surface area contributed by atoms with Crippen LogP contribution in [0.2, 0.25) is 0 Å². The molecule has 3 aromatic rings. The number of carbonyl (C=O) groups is 1. The molecule has 1 aromatic heterocycles. The summed E-state index contributed by atoms with van der Waals surface area (Å²) in [5.74, 6) is 0.705. The fourth-order valence-corrected chi connectivity index (χ4v) is 2.45. The van der Waals surface area contributed by atoms with Crippen molar-refractivity contribution in [2.75, 3.05) is 12.4 Å². The third-order valence-electron chi connectivity index (χ3n) is 3.90. The molecule has 0 aliphatic carbocycles. The Balaban J connectivity index is 1.65. The Kier molecular flexibility index (Phi) is 5.79. The minimum atomic E-state index is -0.662. The molecule has 1 amide bonds. The molecule has 6 nitrogen and oxygen atoms in total. The second-order valence-electron chi connectivity index (χ2n) is 5.73. The summed E-state index contributed by atoms with van der Waals surface area (Å²) in [5, 5.41) is 6.53. The number of benzene rings is 2. The summed E-state index contributed by atoms with van der Waals surface area (Å²) in [6, 6.07) is 18.6. The molecule has 136 valence electrons. The molecule has 0 saturated heterocycles. The van der Waals surface area contributed by atoms with E-state index in [4.69, 9.17) is 9.57 Å². The van der Waals surface area contributed by atoms with Gasteiger partial charge in [0.25, 0.3) is 0 Å². The zero-order valence-electron chi connectivity index (χ0n) is 15.0. The predicted molar refractivity (Wildman–Crippen MR) is 105 cm³/mol. The zero-order valence-corrected chi connectivity index (χ0v) is 15.0. The van der Waals surface area contributed by atoms with Gasteiger partial charge < -0.3 is 4.74 Å². The van der Waals surface area contributed by atoms with E-state index in [0.29, 0.717) is 17.1 Å². The van der Waals surface area contributed by atoms with Gasteiger partial charge >= 0.3 is 6.09 Å². The maximum atomic E-state index is 11.9. The molecule has 2 aromatic carbocycles. The van der Waals surface area contributed by atoms with E-state index in [1.807, 2.05) is 36.4 Å². The molecule has 0 unspecified atom stereocenters. The SMILES string of the molecule is COc1ccc(NC(=O)O/N=C(/C)c2cccc(-c3ccncc3)c2)cc1. The van der Waals surface area contributed by atoms with Crippen LogP contribution in [0, 0.1) is 0 Å². The Morgan fingerprint density at radius 1 is 1.00 bits per heavy atom. The van der Waals surface area contributed by atoms with Gasteiger partial charge in [-0.3, -0.25) is 15.1 Å². The minimum absolute atomic E-state index is 0.591. The highest BCUT2D eigenvalue weighted by molar-refractivity contribution is 5.99. The summed E-state index contributed by atoms with van der Waals surface area (Å²) in [5.41, 5.74) is 4.13. The average molecular weight is 361 g/mol. The number of amides is 1. The highest BCUT2D eigenvalue weighted by Crippen LogP contribution is 2.20. The maximum Gasteiger partial charge on any atom is 0.437 e. The standard InChI is InChI=1S/C21H19N3O3/c1-15(17-4-3-5-18(14-17)16-10-12-22-13-11-16)24-27-21(25)23-19-6-8-20(26-2)9-7-19/h3-14H,1-2H3,(H,23,25)/b24-15-. The van der Waals surface area contributed by atoms with Crippen LogP contribution in [0.1, 0.15) is 12.5 Å². The Morgan fingerprint density at radius 3 is 2.44 bits per heavy atom. The number of hydrogen-bond donors (Lipinski definition) is 1. The van der Waals surface area contributed by atoms with Crippen LogP contribution in [0.25, 0.3) is 11.1 Å².